The van der Waals surface area contributed by atoms with Gasteiger partial charge in [0.1, 0.15) is 0 Å². The molecule has 1 rings (SSSR count). The van der Waals surface area contributed by atoms with Crippen molar-refractivity contribution >= 4 is 16.6 Å². The summed E-state index contributed by atoms with van der Waals surface area (Å²) in [5.74, 6) is -0.679. The molecule has 156 valence electrons. The van der Waals surface area contributed by atoms with E-state index >= 15 is 0 Å². The van der Waals surface area contributed by atoms with Crippen LogP contribution < -0.4 is 0 Å². The molecule has 1 aromatic rings. The van der Waals surface area contributed by atoms with Crippen molar-refractivity contribution in [2.45, 2.75) is 103 Å². The van der Waals surface area contributed by atoms with Gasteiger partial charge < -0.3 is 4.43 Å². The van der Waals surface area contributed by atoms with Gasteiger partial charge in [0.15, 0.2) is 14.1 Å². The Kier molecular flexibility index (Phi) is 10.5. The van der Waals surface area contributed by atoms with Crippen molar-refractivity contribution in [3.05, 3.63) is 35.9 Å². The first-order valence-corrected chi connectivity index (χ1v) is 16.0. The summed E-state index contributed by atoms with van der Waals surface area (Å²) in [6.45, 7) is 15.6. The average molecular weight is 411 g/mol. The average Bonchev–Trinajstić information content (AvgIpc) is 2.73. The molecule has 0 fully saturated rings. The molecule has 27 heavy (non-hydrogen) atoms. The molecule has 1 atom stereocenters. The van der Waals surface area contributed by atoms with E-state index in [4.69, 9.17) is 13.9 Å². The Morgan fingerprint density at radius 2 is 1.22 bits per heavy atom. The Labute approximate surface area is 170 Å². The molecule has 1 unspecified atom stereocenters. The maximum absolute atomic E-state index is 6.84. The molecule has 3 nitrogen and oxygen atoms in total. The van der Waals surface area contributed by atoms with Gasteiger partial charge in [-0.2, -0.15) is 0 Å². The molecule has 0 aliphatic carbocycles. The summed E-state index contributed by atoms with van der Waals surface area (Å²) in [6.07, 6.45) is 1.74. The topological polar surface area (TPSA) is 27.7 Å². The molecule has 0 radical (unpaired) electrons. The van der Waals surface area contributed by atoms with Crippen LogP contribution in [0, 0.1) is 0 Å². The molecule has 5 heteroatoms. The molecule has 0 saturated heterocycles. The molecule has 0 amide bonds. The highest BCUT2D eigenvalue weighted by Crippen LogP contribution is 2.34. The molecule has 0 heterocycles. The zero-order valence-electron chi connectivity index (χ0n) is 18.8. The quantitative estimate of drug-likeness (QED) is 0.139. The molecule has 0 saturated carbocycles. The summed E-state index contributed by atoms with van der Waals surface area (Å²) in [4.78, 5) is 6.22. The van der Waals surface area contributed by atoms with Crippen molar-refractivity contribution in [1.29, 1.82) is 0 Å². The summed E-state index contributed by atoms with van der Waals surface area (Å²) < 4.78 is 13.1. The third kappa shape index (κ3) is 7.13. The van der Waals surface area contributed by atoms with Crippen molar-refractivity contribution in [2.75, 3.05) is 0 Å². The van der Waals surface area contributed by atoms with Gasteiger partial charge >= 0.3 is 0 Å². The minimum absolute atomic E-state index is 0.679. The molecule has 0 spiro atoms. The van der Waals surface area contributed by atoms with Crippen molar-refractivity contribution < 1.29 is 13.9 Å². The third-order valence-corrected chi connectivity index (χ3v) is 15.4. The fourth-order valence-electron chi connectivity index (χ4n) is 3.65. The molecule has 0 N–H and O–H groups in total. The van der Waals surface area contributed by atoms with Crippen LogP contribution in [0.2, 0.25) is 36.3 Å². The van der Waals surface area contributed by atoms with E-state index in [1.165, 1.54) is 5.56 Å². The highest BCUT2D eigenvalue weighted by Gasteiger charge is 2.42. The first-order chi connectivity index (χ1) is 12.9. The molecular formula is C22H42O3Si2. The Morgan fingerprint density at radius 3 is 1.67 bits per heavy atom. The van der Waals surface area contributed by atoms with E-state index in [1.54, 1.807) is 0 Å². The number of aryl methyl sites for hydroxylation is 1. The van der Waals surface area contributed by atoms with Crippen molar-refractivity contribution in [1.82, 2.24) is 0 Å². The van der Waals surface area contributed by atoms with Crippen LogP contribution in [0.25, 0.3) is 0 Å². The normalized spacial score (nSPS) is 14.9. The van der Waals surface area contributed by atoms with Gasteiger partial charge in [-0.1, -0.05) is 71.9 Å². The summed E-state index contributed by atoms with van der Waals surface area (Å²) in [6, 6.07) is 17.2. The Morgan fingerprint density at radius 1 is 0.741 bits per heavy atom. The summed E-state index contributed by atoms with van der Waals surface area (Å²) in [5.41, 5.74) is 1.32. The second kappa shape index (κ2) is 11.5. The number of benzene rings is 1. The molecular weight excluding hydrogens is 368 g/mol. The van der Waals surface area contributed by atoms with E-state index in [0.29, 0.717) is 0 Å². The fraction of sp³-hybridized carbons (Fsp3) is 0.727. The van der Waals surface area contributed by atoms with Crippen LogP contribution in [0.3, 0.4) is 0 Å². The number of rotatable bonds is 14. The lowest BCUT2D eigenvalue weighted by Gasteiger charge is -2.41. The summed E-state index contributed by atoms with van der Waals surface area (Å²) >= 11 is 0. The number of hydrogen-bond acceptors (Lipinski definition) is 3. The van der Waals surface area contributed by atoms with Crippen LogP contribution in [0.5, 0.6) is 0 Å². The highest BCUT2D eigenvalue weighted by molar-refractivity contribution is 6.74. The van der Waals surface area contributed by atoms with Crippen LogP contribution in [0.4, 0.5) is 0 Å². The van der Waals surface area contributed by atoms with E-state index in [2.05, 4.69) is 78.8 Å². The Balaban J connectivity index is 2.99. The summed E-state index contributed by atoms with van der Waals surface area (Å²) in [7, 11) is -3.64. The lowest BCUT2D eigenvalue weighted by Crippen LogP contribution is -2.49. The zero-order chi connectivity index (χ0) is 20.4. The largest absolute Gasteiger partial charge is 0.388 e. The van der Waals surface area contributed by atoms with E-state index in [-0.39, 0.29) is 0 Å². The summed E-state index contributed by atoms with van der Waals surface area (Å²) in [5, 5.41) is 0. The van der Waals surface area contributed by atoms with E-state index in [1.807, 2.05) is 0 Å². The van der Waals surface area contributed by atoms with Crippen LogP contribution in [-0.2, 0) is 20.3 Å². The first-order valence-electron chi connectivity index (χ1n) is 11.0. The minimum atomic E-state index is -1.83. The third-order valence-electron chi connectivity index (χ3n) is 6.40. The monoisotopic (exact) mass is 410 g/mol. The van der Waals surface area contributed by atoms with Gasteiger partial charge in [-0.3, -0.25) is 4.58 Å². The Hall–Kier alpha value is -0.466. The van der Waals surface area contributed by atoms with Crippen molar-refractivity contribution in [3.63, 3.8) is 0 Å². The van der Waals surface area contributed by atoms with Gasteiger partial charge in [-0.15, -0.1) is 0 Å². The zero-order valence-corrected chi connectivity index (χ0v) is 20.8. The standard InChI is InChI=1S/C22H42O3Si2/c1-8-26(9-2,10-3)24-22(7,20-19-21-17-15-14-16-18-21)23-25-27(11-4,12-5)13-6/h14-18H,8-13,19-20H2,1-7H3. The maximum atomic E-state index is 6.84. The van der Waals surface area contributed by atoms with Crippen molar-refractivity contribution in [2.24, 2.45) is 0 Å². The van der Waals surface area contributed by atoms with Crippen LogP contribution in [0.15, 0.2) is 30.3 Å². The second-order valence-electron chi connectivity index (χ2n) is 7.88. The van der Waals surface area contributed by atoms with Crippen molar-refractivity contribution in [3.8, 4) is 0 Å². The lowest BCUT2D eigenvalue weighted by molar-refractivity contribution is -0.363. The Bertz CT molecular complexity index is 499. The van der Waals surface area contributed by atoms with E-state index < -0.39 is 22.4 Å². The second-order valence-corrected chi connectivity index (χ2v) is 17.2. The van der Waals surface area contributed by atoms with Crippen LogP contribution in [0.1, 0.15) is 60.5 Å². The predicted molar refractivity (Wildman–Crippen MR) is 121 cm³/mol. The van der Waals surface area contributed by atoms with E-state index in [0.717, 1.165) is 49.1 Å². The first kappa shape index (κ1) is 24.6. The van der Waals surface area contributed by atoms with Gasteiger partial charge in [0.2, 0.25) is 8.32 Å². The fourth-order valence-corrected chi connectivity index (χ4v) is 8.85. The van der Waals surface area contributed by atoms with Crippen LogP contribution in [-0.4, -0.2) is 22.4 Å². The number of hydrogen-bond donors (Lipinski definition) is 0. The molecule has 0 aromatic heterocycles. The van der Waals surface area contributed by atoms with Gasteiger partial charge in [0, 0.05) is 6.42 Å². The lowest BCUT2D eigenvalue weighted by atomic mass is 10.1. The van der Waals surface area contributed by atoms with Gasteiger partial charge in [-0.25, -0.2) is 4.89 Å². The SMILES string of the molecule is CC[Si](CC)(CC)OOC(C)(CCc1ccccc1)O[Si](CC)(CC)CC. The molecule has 0 bridgehead atoms. The van der Waals surface area contributed by atoms with E-state index in [9.17, 15) is 0 Å². The molecule has 0 aliphatic rings. The van der Waals surface area contributed by atoms with Gasteiger partial charge in [-0.05, 0) is 55.2 Å². The molecule has 1 aromatic carbocycles. The minimum Gasteiger partial charge on any atom is -0.388 e. The van der Waals surface area contributed by atoms with Gasteiger partial charge in [0.25, 0.3) is 0 Å². The molecule has 0 aliphatic heterocycles. The smallest absolute Gasteiger partial charge is 0.238 e. The highest BCUT2D eigenvalue weighted by atomic mass is 28.4. The van der Waals surface area contributed by atoms with Gasteiger partial charge in [0.05, 0.1) is 0 Å². The van der Waals surface area contributed by atoms with Crippen LogP contribution >= 0.6 is 0 Å². The predicted octanol–water partition coefficient (Wildman–Crippen LogP) is 7.31. The maximum Gasteiger partial charge on any atom is 0.238 e.